The van der Waals surface area contributed by atoms with Crippen LogP contribution in [0, 0.1) is 0 Å². The van der Waals surface area contributed by atoms with Crippen LogP contribution in [-0.4, -0.2) is 47.5 Å². The van der Waals surface area contributed by atoms with Crippen LogP contribution < -0.4 is 5.32 Å². The van der Waals surface area contributed by atoms with E-state index in [0.29, 0.717) is 24.5 Å². The van der Waals surface area contributed by atoms with Gasteiger partial charge in [0.2, 0.25) is 5.91 Å². The van der Waals surface area contributed by atoms with Crippen molar-refractivity contribution in [3.8, 4) is 0 Å². The maximum atomic E-state index is 11.5. The van der Waals surface area contributed by atoms with Gasteiger partial charge in [-0.3, -0.25) is 4.79 Å². The Hall–Kier alpha value is -2.11. The van der Waals surface area contributed by atoms with E-state index in [2.05, 4.69) is 10.3 Å². The molecule has 0 saturated carbocycles. The number of anilines is 1. The normalized spacial score (nSPS) is 10.4. The van der Waals surface area contributed by atoms with Gasteiger partial charge < -0.3 is 15.3 Å². The Kier molecular flexibility index (Phi) is 5.49. The number of hydrogen-bond donors (Lipinski definition) is 2. The molecule has 0 aliphatic heterocycles. The summed E-state index contributed by atoms with van der Waals surface area (Å²) < 4.78 is 0. The summed E-state index contributed by atoms with van der Waals surface area (Å²) in [5, 5.41) is 12.1. The molecule has 0 aliphatic carbocycles. The molecule has 20 heavy (non-hydrogen) atoms. The fourth-order valence-electron chi connectivity index (χ4n) is 1.58. The van der Waals surface area contributed by atoms with Gasteiger partial charge >= 0.3 is 5.97 Å². The number of rotatable bonds is 6. The number of nitrogens with one attached hydrogen (secondary N) is 1. The minimum Gasteiger partial charge on any atom is -0.478 e. The van der Waals surface area contributed by atoms with E-state index in [9.17, 15) is 9.59 Å². The number of pyridine rings is 1. The van der Waals surface area contributed by atoms with E-state index in [-0.39, 0.29) is 17.4 Å². The van der Waals surface area contributed by atoms with E-state index in [1.807, 2.05) is 13.8 Å². The monoisotopic (exact) mass is 279 g/mol. The second-order valence-electron chi connectivity index (χ2n) is 5.09. The lowest BCUT2D eigenvalue weighted by Gasteiger charge is -2.13. The molecule has 1 aromatic heterocycles. The molecule has 0 unspecified atom stereocenters. The Bertz CT molecular complexity index is 498. The summed E-state index contributed by atoms with van der Waals surface area (Å²) >= 11 is 0. The Morgan fingerprint density at radius 2 is 2.00 bits per heavy atom. The predicted molar refractivity (Wildman–Crippen MR) is 77.1 cm³/mol. The van der Waals surface area contributed by atoms with E-state index in [4.69, 9.17) is 5.11 Å². The van der Waals surface area contributed by atoms with Crippen LogP contribution in [0.1, 0.15) is 42.2 Å². The fourth-order valence-corrected chi connectivity index (χ4v) is 1.58. The van der Waals surface area contributed by atoms with Crippen molar-refractivity contribution < 1.29 is 14.7 Å². The maximum absolute atomic E-state index is 11.5. The fraction of sp³-hybridized carbons (Fsp3) is 0.500. The number of carbonyl (C=O) groups excluding carboxylic acids is 1. The molecule has 1 heterocycles. The first-order valence-corrected chi connectivity index (χ1v) is 6.50. The smallest absolute Gasteiger partial charge is 0.335 e. The highest BCUT2D eigenvalue weighted by Gasteiger charge is 2.11. The number of aromatic nitrogens is 1. The van der Waals surface area contributed by atoms with E-state index in [1.165, 1.54) is 11.0 Å². The largest absolute Gasteiger partial charge is 0.478 e. The molecule has 0 aromatic carbocycles. The summed E-state index contributed by atoms with van der Waals surface area (Å²) in [6.07, 6.45) is 0.336. The minimum absolute atomic E-state index is 0.0102. The van der Waals surface area contributed by atoms with Gasteiger partial charge in [0.1, 0.15) is 5.82 Å². The predicted octanol–water partition coefficient (Wildman–Crippen LogP) is 1.79. The molecule has 1 rings (SSSR count). The number of carboxylic acids is 1. The number of hydrogen-bond acceptors (Lipinski definition) is 4. The topological polar surface area (TPSA) is 82.5 Å². The highest BCUT2D eigenvalue weighted by atomic mass is 16.4. The van der Waals surface area contributed by atoms with Gasteiger partial charge in [-0.25, -0.2) is 9.78 Å². The van der Waals surface area contributed by atoms with E-state index in [1.54, 1.807) is 20.2 Å². The molecule has 1 aromatic rings. The summed E-state index contributed by atoms with van der Waals surface area (Å²) in [7, 11) is 3.39. The second-order valence-corrected chi connectivity index (χ2v) is 5.09. The quantitative estimate of drug-likeness (QED) is 0.829. The summed E-state index contributed by atoms with van der Waals surface area (Å²) in [5.74, 6) is -0.351. The molecule has 0 aliphatic rings. The van der Waals surface area contributed by atoms with Crippen molar-refractivity contribution in [2.24, 2.45) is 0 Å². The maximum Gasteiger partial charge on any atom is 0.335 e. The van der Waals surface area contributed by atoms with E-state index in [0.717, 1.165) is 0 Å². The number of carboxylic acid groups (broad SMARTS) is 1. The molecule has 0 radical (unpaired) electrons. The van der Waals surface area contributed by atoms with Crippen LogP contribution >= 0.6 is 0 Å². The first-order chi connectivity index (χ1) is 9.31. The zero-order chi connectivity index (χ0) is 15.3. The van der Waals surface area contributed by atoms with Gasteiger partial charge in [-0.15, -0.1) is 0 Å². The van der Waals surface area contributed by atoms with Crippen molar-refractivity contribution in [1.29, 1.82) is 0 Å². The standard InChI is InChI=1S/C14H21N3O3/c1-9(2)11-7-10(14(19)20)8-12(16-11)15-6-5-13(18)17(3)4/h7-9H,5-6H2,1-4H3,(H,15,16)(H,19,20). The molecule has 6 heteroatoms. The zero-order valence-corrected chi connectivity index (χ0v) is 12.3. The summed E-state index contributed by atoms with van der Waals surface area (Å²) in [6.45, 7) is 4.32. The van der Waals surface area contributed by atoms with Gasteiger partial charge in [0.05, 0.1) is 5.56 Å². The first-order valence-electron chi connectivity index (χ1n) is 6.50. The lowest BCUT2D eigenvalue weighted by Crippen LogP contribution is -2.24. The van der Waals surface area contributed by atoms with Gasteiger partial charge in [0.25, 0.3) is 0 Å². The average Bonchev–Trinajstić information content (AvgIpc) is 2.37. The molecule has 0 saturated heterocycles. The lowest BCUT2D eigenvalue weighted by molar-refractivity contribution is -0.128. The first kappa shape index (κ1) is 15.9. The molecular formula is C14H21N3O3. The SMILES string of the molecule is CC(C)c1cc(C(=O)O)cc(NCCC(=O)N(C)C)n1. The van der Waals surface area contributed by atoms with E-state index < -0.39 is 5.97 Å². The molecule has 6 nitrogen and oxygen atoms in total. The Morgan fingerprint density at radius 1 is 1.35 bits per heavy atom. The second kappa shape index (κ2) is 6.88. The average molecular weight is 279 g/mol. The molecule has 1 amide bonds. The lowest BCUT2D eigenvalue weighted by atomic mass is 10.1. The molecule has 2 N–H and O–H groups in total. The van der Waals surface area contributed by atoms with Crippen molar-refractivity contribution in [2.75, 3.05) is 26.0 Å². The van der Waals surface area contributed by atoms with Crippen molar-refractivity contribution >= 4 is 17.7 Å². The summed E-state index contributed by atoms with van der Waals surface area (Å²) in [4.78, 5) is 28.4. The Morgan fingerprint density at radius 3 is 2.50 bits per heavy atom. The molecular weight excluding hydrogens is 258 g/mol. The van der Waals surface area contributed by atoms with Gasteiger partial charge in [0, 0.05) is 32.8 Å². The molecule has 0 atom stereocenters. The van der Waals surface area contributed by atoms with Gasteiger partial charge in [-0.1, -0.05) is 13.8 Å². The number of aromatic carboxylic acids is 1. The van der Waals surface area contributed by atoms with Crippen LogP contribution in [0.2, 0.25) is 0 Å². The van der Waals surface area contributed by atoms with Crippen molar-refractivity contribution in [1.82, 2.24) is 9.88 Å². The van der Waals surface area contributed by atoms with Crippen LogP contribution in [0.3, 0.4) is 0 Å². The molecule has 110 valence electrons. The van der Waals surface area contributed by atoms with Crippen LogP contribution in [0.4, 0.5) is 5.82 Å². The van der Waals surface area contributed by atoms with Gasteiger partial charge in [-0.2, -0.15) is 0 Å². The van der Waals surface area contributed by atoms with Crippen molar-refractivity contribution in [2.45, 2.75) is 26.2 Å². The van der Waals surface area contributed by atoms with Crippen molar-refractivity contribution in [3.05, 3.63) is 23.4 Å². The van der Waals surface area contributed by atoms with Crippen LogP contribution in [-0.2, 0) is 4.79 Å². The molecule has 0 bridgehead atoms. The van der Waals surface area contributed by atoms with Crippen LogP contribution in [0.5, 0.6) is 0 Å². The van der Waals surface area contributed by atoms with Crippen LogP contribution in [0.25, 0.3) is 0 Å². The number of carbonyl (C=O) groups is 2. The van der Waals surface area contributed by atoms with Gasteiger partial charge in [0.15, 0.2) is 0 Å². The van der Waals surface area contributed by atoms with Gasteiger partial charge in [-0.05, 0) is 18.1 Å². The van der Waals surface area contributed by atoms with Crippen molar-refractivity contribution in [3.63, 3.8) is 0 Å². The molecule has 0 spiro atoms. The Labute approximate surface area is 118 Å². The third kappa shape index (κ3) is 4.53. The Balaban J connectivity index is 2.79. The highest BCUT2D eigenvalue weighted by molar-refractivity contribution is 5.88. The van der Waals surface area contributed by atoms with Crippen LogP contribution in [0.15, 0.2) is 12.1 Å². The summed E-state index contributed by atoms with van der Waals surface area (Å²) in [5.41, 5.74) is 0.913. The zero-order valence-electron chi connectivity index (χ0n) is 12.3. The molecule has 0 fully saturated rings. The third-order valence-electron chi connectivity index (χ3n) is 2.83. The number of amides is 1. The summed E-state index contributed by atoms with van der Waals surface area (Å²) in [6, 6.07) is 3.05. The van der Waals surface area contributed by atoms with E-state index >= 15 is 0 Å². The third-order valence-corrected chi connectivity index (χ3v) is 2.83. The highest BCUT2D eigenvalue weighted by Crippen LogP contribution is 2.17. The number of nitrogens with zero attached hydrogens (tertiary/aromatic N) is 2. The minimum atomic E-state index is -0.985.